The average molecular weight is 372 g/mol. The first kappa shape index (κ1) is 18.1. The van der Waals surface area contributed by atoms with Gasteiger partial charge in [0.2, 0.25) is 5.16 Å². The summed E-state index contributed by atoms with van der Waals surface area (Å²) in [7, 11) is 1.62. The Kier molecular flexibility index (Phi) is 5.62. The molecule has 3 aromatic rings. The molecular weight excluding hydrogens is 355 g/mol. The molecule has 0 aliphatic rings. The predicted octanol–water partition coefficient (Wildman–Crippen LogP) is 3.23. The normalized spacial score (nSPS) is 12.0. The van der Waals surface area contributed by atoms with Crippen LogP contribution in [0.3, 0.4) is 0 Å². The second-order valence-corrected chi connectivity index (χ2v) is 6.91. The van der Waals surface area contributed by atoms with Crippen LogP contribution in [0, 0.1) is 5.82 Å². The van der Waals surface area contributed by atoms with Crippen LogP contribution in [0.5, 0.6) is 5.75 Å². The lowest BCUT2D eigenvalue weighted by molar-refractivity contribution is 0.0994. The number of Topliss-reactive ketones (excluding diaryl/α,β-unsaturated/α-hetero) is 1. The first-order valence-corrected chi connectivity index (χ1v) is 8.80. The number of hydrogen-bond donors (Lipinski definition) is 0. The largest absolute Gasteiger partial charge is 0.497 e. The number of thioether (sulfide) groups is 1. The van der Waals surface area contributed by atoms with Crippen LogP contribution < -0.4 is 4.74 Å². The monoisotopic (exact) mass is 372 g/mol. The molecule has 1 aromatic heterocycles. The Morgan fingerprint density at radius 3 is 2.54 bits per heavy atom. The summed E-state index contributed by atoms with van der Waals surface area (Å²) in [4.78, 5) is 12.5. The molecule has 0 radical (unpaired) electrons. The van der Waals surface area contributed by atoms with Crippen molar-refractivity contribution in [2.75, 3.05) is 7.11 Å². The fraction of sp³-hybridized carbons (Fsp3) is 0.222. The number of nitrogens with zero attached hydrogens (tertiary/aromatic N) is 4. The molecular formula is C18H17FN4O2S. The number of methoxy groups -OCH3 is 1. The number of hydrogen-bond acceptors (Lipinski definition) is 6. The highest BCUT2D eigenvalue weighted by atomic mass is 32.2. The molecule has 0 N–H and O–H groups in total. The molecule has 1 atom stereocenters. The molecule has 26 heavy (non-hydrogen) atoms. The van der Waals surface area contributed by atoms with Crippen molar-refractivity contribution in [3.8, 4) is 5.75 Å². The maximum Gasteiger partial charge on any atom is 0.210 e. The van der Waals surface area contributed by atoms with E-state index in [4.69, 9.17) is 4.74 Å². The maximum atomic E-state index is 13.0. The van der Waals surface area contributed by atoms with Crippen molar-refractivity contribution in [1.29, 1.82) is 0 Å². The highest BCUT2D eigenvalue weighted by molar-refractivity contribution is 8.00. The third-order valence-corrected chi connectivity index (χ3v) is 4.84. The van der Waals surface area contributed by atoms with Crippen LogP contribution in [0.25, 0.3) is 0 Å². The minimum atomic E-state index is -0.402. The van der Waals surface area contributed by atoms with E-state index in [0.29, 0.717) is 17.3 Å². The van der Waals surface area contributed by atoms with Crippen LogP contribution >= 0.6 is 11.8 Å². The van der Waals surface area contributed by atoms with E-state index in [1.54, 1.807) is 18.7 Å². The van der Waals surface area contributed by atoms with Crippen molar-refractivity contribution in [1.82, 2.24) is 20.2 Å². The Balaban J connectivity index is 1.69. The number of aromatic nitrogens is 4. The number of ketones is 1. The molecule has 8 heteroatoms. The summed E-state index contributed by atoms with van der Waals surface area (Å²) in [6.45, 7) is 2.26. The zero-order valence-electron chi connectivity index (χ0n) is 14.3. The second-order valence-electron chi connectivity index (χ2n) is 5.60. The summed E-state index contributed by atoms with van der Waals surface area (Å²) in [5.41, 5.74) is 1.47. The number of ether oxygens (including phenoxy) is 1. The number of carbonyl (C=O) groups excluding carboxylic acids is 1. The van der Waals surface area contributed by atoms with E-state index in [9.17, 15) is 9.18 Å². The van der Waals surface area contributed by atoms with Crippen molar-refractivity contribution in [2.24, 2.45) is 0 Å². The van der Waals surface area contributed by atoms with E-state index >= 15 is 0 Å². The number of carbonyl (C=O) groups is 1. The highest BCUT2D eigenvalue weighted by Gasteiger charge is 2.20. The van der Waals surface area contributed by atoms with Crippen LogP contribution in [0.4, 0.5) is 4.39 Å². The summed E-state index contributed by atoms with van der Waals surface area (Å²) in [5.74, 6) is 0.304. The number of halogens is 1. The first-order chi connectivity index (χ1) is 12.6. The highest BCUT2D eigenvalue weighted by Crippen LogP contribution is 2.24. The lowest BCUT2D eigenvalue weighted by Crippen LogP contribution is -2.15. The van der Waals surface area contributed by atoms with Gasteiger partial charge in [-0.2, -0.15) is 0 Å². The summed E-state index contributed by atoms with van der Waals surface area (Å²) >= 11 is 1.27. The quantitative estimate of drug-likeness (QED) is 0.468. The maximum absolute atomic E-state index is 13.0. The molecule has 0 spiro atoms. The van der Waals surface area contributed by atoms with Gasteiger partial charge in [0.25, 0.3) is 0 Å². The molecule has 0 amide bonds. The third kappa shape index (κ3) is 4.26. The van der Waals surface area contributed by atoms with Gasteiger partial charge in [0.05, 0.1) is 18.9 Å². The van der Waals surface area contributed by atoms with Crippen LogP contribution in [0.1, 0.15) is 22.8 Å². The molecule has 6 nitrogen and oxygen atoms in total. The molecule has 2 aromatic carbocycles. The number of rotatable bonds is 7. The summed E-state index contributed by atoms with van der Waals surface area (Å²) in [6.07, 6.45) is 0. The Labute approximate surface area is 154 Å². The Bertz CT molecular complexity index is 881. The van der Waals surface area contributed by atoms with Gasteiger partial charge in [0.1, 0.15) is 11.6 Å². The molecule has 0 saturated heterocycles. The van der Waals surface area contributed by atoms with Crippen molar-refractivity contribution in [3.63, 3.8) is 0 Å². The number of tetrazole rings is 1. The van der Waals surface area contributed by atoms with E-state index in [-0.39, 0.29) is 11.6 Å². The molecule has 3 rings (SSSR count). The SMILES string of the molecule is COc1ccc(Cn2nnnc2SC(C)C(=O)c2ccc(F)cc2)cc1. The zero-order chi connectivity index (χ0) is 18.5. The molecule has 0 aliphatic heterocycles. The van der Waals surface area contributed by atoms with Gasteiger partial charge in [-0.3, -0.25) is 4.79 Å². The summed E-state index contributed by atoms with van der Waals surface area (Å²) in [6, 6.07) is 13.1. The van der Waals surface area contributed by atoms with E-state index in [2.05, 4.69) is 15.5 Å². The molecule has 0 bridgehead atoms. The number of benzene rings is 2. The van der Waals surface area contributed by atoms with Crippen LogP contribution in [0.2, 0.25) is 0 Å². The standard InChI is InChI=1S/C18H17FN4O2S/c1-12(17(24)14-5-7-15(19)8-6-14)26-18-20-21-22-23(18)11-13-3-9-16(25-2)10-4-13/h3-10,12H,11H2,1-2H3. The molecule has 0 aliphatic carbocycles. The predicted molar refractivity (Wildman–Crippen MR) is 96.0 cm³/mol. The lowest BCUT2D eigenvalue weighted by atomic mass is 10.1. The van der Waals surface area contributed by atoms with Gasteiger partial charge in [-0.1, -0.05) is 23.9 Å². The van der Waals surface area contributed by atoms with Crippen molar-refractivity contribution in [2.45, 2.75) is 23.9 Å². The van der Waals surface area contributed by atoms with Crippen LogP contribution in [-0.2, 0) is 6.54 Å². The van der Waals surface area contributed by atoms with E-state index in [1.165, 1.54) is 36.0 Å². The molecule has 0 fully saturated rings. The van der Waals surface area contributed by atoms with E-state index in [1.807, 2.05) is 24.3 Å². The fourth-order valence-electron chi connectivity index (χ4n) is 2.34. The van der Waals surface area contributed by atoms with Crippen LogP contribution in [0.15, 0.2) is 53.7 Å². The summed E-state index contributed by atoms with van der Waals surface area (Å²) in [5, 5.41) is 11.8. The lowest BCUT2D eigenvalue weighted by Gasteiger charge is -2.10. The smallest absolute Gasteiger partial charge is 0.210 e. The van der Waals surface area contributed by atoms with Crippen molar-refractivity contribution < 1.29 is 13.9 Å². The Morgan fingerprint density at radius 1 is 1.19 bits per heavy atom. The average Bonchev–Trinajstić information content (AvgIpc) is 3.09. The topological polar surface area (TPSA) is 69.9 Å². The Hall–Kier alpha value is -2.74. The first-order valence-electron chi connectivity index (χ1n) is 7.92. The van der Waals surface area contributed by atoms with Gasteiger partial charge in [-0.05, 0) is 59.3 Å². The van der Waals surface area contributed by atoms with E-state index in [0.717, 1.165) is 11.3 Å². The Morgan fingerprint density at radius 2 is 1.88 bits per heavy atom. The van der Waals surface area contributed by atoms with E-state index < -0.39 is 5.25 Å². The van der Waals surface area contributed by atoms with Gasteiger partial charge in [0, 0.05) is 5.56 Å². The molecule has 0 saturated carbocycles. The van der Waals surface area contributed by atoms with Gasteiger partial charge in [-0.15, -0.1) is 5.10 Å². The minimum absolute atomic E-state index is 0.103. The van der Waals surface area contributed by atoms with Crippen molar-refractivity contribution in [3.05, 3.63) is 65.5 Å². The van der Waals surface area contributed by atoms with Gasteiger partial charge in [-0.25, -0.2) is 9.07 Å². The minimum Gasteiger partial charge on any atom is -0.497 e. The molecule has 134 valence electrons. The fourth-order valence-corrected chi connectivity index (χ4v) is 3.21. The second kappa shape index (κ2) is 8.09. The molecule has 1 heterocycles. The van der Waals surface area contributed by atoms with Gasteiger partial charge in [0.15, 0.2) is 5.78 Å². The zero-order valence-corrected chi connectivity index (χ0v) is 15.1. The molecule has 1 unspecified atom stereocenters. The summed E-state index contributed by atoms with van der Waals surface area (Å²) < 4.78 is 19.8. The van der Waals surface area contributed by atoms with Gasteiger partial charge >= 0.3 is 0 Å². The van der Waals surface area contributed by atoms with Crippen LogP contribution in [-0.4, -0.2) is 38.4 Å². The van der Waals surface area contributed by atoms with Crippen molar-refractivity contribution >= 4 is 17.5 Å². The van der Waals surface area contributed by atoms with Gasteiger partial charge < -0.3 is 4.74 Å². The third-order valence-electron chi connectivity index (χ3n) is 3.77.